The van der Waals surface area contributed by atoms with E-state index in [0.717, 1.165) is 5.56 Å². The van der Waals surface area contributed by atoms with E-state index in [9.17, 15) is 23.1 Å². The highest BCUT2D eigenvalue weighted by molar-refractivity contribution is 7.89. The summed E-state index contributed by atoms with van der Waals surface area (Å²) < 4.78 is 47.4. The number of hydrogen-bond donors (Lipinski definition) is 3. The lowest BCUT2D eigenvalue weighted by Gasteiger charge is -2.17. The average molecular weight is 593 g/mol. The molecular weight excluding hydrogens is 564 g/mol. The number of nitrogens with one attached hydrogen (secondary N) is 2. The molecule has 0 saturated heterocycles. The number of nitrogens with zero attached hydrogens (tertiary/aromatic N) is 2. The molecule has 218 valence electrons. The van der Waals surface area contributed by atoms with Crippen LogP contribution in [0.3, 0.4) is 0 Å². The summed E-state index contributed by atoms with van der Waals surface area (Å²) in [5.74, 6) is -0.892. The predicted molar refractivity (Wildman–Crippen MR) is 152 cm³/mol. The van der Waals surface area contributed by atoms with Crippen LogP contribution in [0, 0.1) is 13.8 Å². The average Bonchev–Trinajstić information content (AvgIpc) is 3.53. The normalized spacial score (nSPS) is 12.4. The van der Waals surface area contributed by atoms with Crippen molar-refractivity contribution in [3.8, 4) is 28.8 Å². The van der Waals surface area contributed by atoms with E-state index in [1.807, 2.05) is 19.1 Å². The number of aromatic nitrogens is 2. The van der Waals surface area contributed by atoms with E-state index in [2.05, 4.69) is 15.1 Å². The second-order valence-corrected chi connectivity index (χ2v) is 11.6. The first-order valence-electron chi connectivity index (χ1n) is 12.9. The number of carbonyl (C=O) groups is 2. The quantitative estimate of drug-likeness (QED) is 0.252. The van der Waals surface area contributed by atoms with Crippen molar-refractivity contribution in [3.63, 3.8) is 0 Å². The molecule has 0 spiro atoms. The van der Waals surface area contributed by atoms with Crippen molar-refractivity contribution in [1.29, 1.82) is 0 Å². The standard InChI is InChI=1S/C29H28N4O8S/c1-16(2)32-42(37,38)25-14-20(30-27(34)19-7-11-22-24(13-19)40-15-39-22)8-12-23(25)41-28-18(4)26(29(35)36)31-33(28)21-9-5-17(3)6-10-21/h5-14,16,32H,15H2,1-4H3,(H,30,34)(H,35,36). The third-order valence-corrected chi connectivity index (χ3v) is 7.95. The van der Waals surface area contributed by atoms with Crippen molar-refractivity contribution in [2.24, 2.45) is 0 Å². The van der Waals surface area contributed by atoms with Gasteiger partial charge in [-0.3, -0.25) is 4.79 Å². The van der Waals surface area contributed by atoms with Gasteiger partial charge in [0.2, 0.25) is 22.7 Å². The number of sulfonamides is 1. The molecule has 0 aliphatic carbocycles. The molecule has 1 aliphatic rings. The number of hydrogen-bond acceptors (Lipinski definition) is 8. The van der Waals surface area contributed by atoms with Gasteiger partial charge in [0, 0.05) is 22.9 Å². The molecule has 3 aromatic carbocycles. The number of rotatable bonds is 9. The van der Waals surface area contributed by atoms with E-state index in [-0.39, 0.29) is 45.8 Å². The van der Waals surface area contributed by atoms with Gasteiger partial charge < -0.3 is 24.6 Å². The van der Waals surface area contributed by atoms with E-state index in [0.29, 0.717) is 17.2 Å². The summed E-state index contributed by atoms with van der Waals surface area (Å²) in [6, 6.07) is 15.5. The molecule has 0 fully saturated rings. The van der Waals surface area contributed by atoms with E-state index in [1.54, 1.807) is 38.1 Å². The maximum atomic E-state index is 13.4. The van der Waals surface area contributed by atoms with E-state index < -0.39 is 27.9 Å². The number of anilines is 1. The summed E-state index contributed by atoms with van der Waals surface area (Å²) in [7, 11) is -4.16. The van der Waals surface area contributed by atoms with Crippen LogP contribution in [-0.2, 0) is 10.0 Å². The van der Waals surface area contributed by atoms with Crippen molar-refractivity contribution in [3.05, 3.63) is 83.0 Å². The van der Waals surface area contributed by atoms with Gasteiger partial charge in [0.15, 0.2) is 17.2 Å². The number of aromatic carboxylic acids is 1. The Bertz CT molecular complexity index is 1800. The number of benzene rings is 3. The molecule has 0 bridgehead atoms. The molecule has 12 nitrogen and oxygen atoms in total. The van der Waals surface area contributed by atoms with Crippen LogP contribution in [-0.4, -0.2) is 48.0 Å². The maximum absolute atomic E-state index is 13.4. The topological polar surface area (TPSA) is 158 Å². The van der Waals surface area contributed by atoms with Crippen LogP contribution < -0.4 is 24.2 Å². The van der Waals surface area contributed by atoms with Crippen LogP contribution >= 0.6 is 0 Å². The smallest absolute Gasteiger partial charge is 0.356 e. The van der Waals surface area contributed by atoms with Gasteiger partial charge >= 0.3 is 5.97 Å². The third kappa shape index (κ3) is 5.78. The minimum Gasteiger partial charge on any atom is -0.476 e. The molecule has 1 aliphatic heterocycles. The lowest BCUT2D eigenvalue weighted by Crippen LogP contribution is -2.30. The van der Waals surface area contributed by atoms with Gasteiger partial charge in [-0.15, -0.1) is 0 Å². The van der Waals surface area contributed by atoms with Crippen molar-refractivity contribution in [2.75, 3.05) is 12.1 Å². The summed E-state index contributed by atoms with van der Waals surface area (Å²) in [5.41, 5.74) is 1.91. The lowest BCUT2D eigenvalue weighted by atomic mass is 10.2. The molecule has 3 N–H and O–H groups in total. The van der Waals surface area contributed by atoms with Gasteiger partial charge in [-0.2, -0.15) is 9.78 Å². The number of ether oxygens (including phenoxy) is 3. The van der Waals surface area contributed by atoms with Gasteiger partial charge in [-0.05, 0) is 76.2 Å². The molecule has 1 amide bonds. The number of carboxylic acids is 1. The van der Waals surface area contributed by atoms with Crippen molar-refractivity contribution >= 4 is 27.6 Å². The fourth-order valence-corrected chi connectivity index (χ4v) is 5.67. The molecule has 13 heteroatoms. The van der Waals surface area contributed by atoms with Crippen molar-refractivity contribution < 1.29 is 37.3 Å². The van der Waals surface area contributed by atoms with Crippen molar-refractivity contribution in [2.45, 2.75) is 38.6 Å². The monoisotopic (exact) mass is 592 g/mol. The Morgan fingerprint density at radius 3 is 2.40 bits per heavy atom. The Balaban J connectivity index is 1.55. The second kappa shape index (κ2) is 11.2. The SMILES string of the molecule is Cc1ccc(-n2nc(C(=O)O)c(C)c2Oc2ccc(NC(=O)c3ccc4c(c3)OCO4)cc2S(=O)(=O)NC(C)C)cc1. The summed E-state index contributed by atoms with van der Waals surface area (Å²) in [6.45, 7) is 6.82. The predicted octanol–water partition coefficient (Wildman–Crippen LogP) is 4.65. The van der Waals surface area contributed by atoms with Crippen LogP contribution in [0.2, 0.25) is 0 Å². The highest BCUT2D eigenvalue weighted by Gasteiger charge is 2.27. The number of fused-ring (bicyclic) bond motifs is 1. The molecular formula is C29H28N4O8S. The van der Waals surface area contributed by atoms with Crippen LogP contribution in [0.15, 0.2) is 65.6 Å². The van der Waals surface area contributed by atoms with Gasteiger partial charge in [0.1, 0.15) is 10.6 Å². The highest BCUT2D eigenvalue weighted by atomic mass is 32.2. The highest BCUT2D eigenvalue weighted by Crippen LogP contribution is 2.36. The fraction of sp³-hybridized carbons (Fsp3) is 0.207. The molecule has 0 atom stereocenters. The fourth-order valence-electron chi connectivity index (χ4n) is 4.26. The van der Waals surface area contributed by atoms with Gasteiger partial charge in [0.25, 0.3) is 5.91 Å². The third-order valence-electron chi connectivity index (χ3n) is 6.27. The first kappa shape index (κ1) is 28.6. The molecule has 2 heterocycles. The van der Waals surface area contributed by atoms with Gasteiger partial charge in [0.05, 0.1) is 5.69 Å². The summed E-state index contributed by atoms with van der Waals surface area (Å²) in [4.78, 5) is 24.6. The van der Waals surface area contributed by atoms with Crippen molar-refractivity contribution in [1.82, 2.24) is 14.5 Å². The Morgan fingerprint density at radius 1 is 1.00 bits per heavy atom. The molecule has 5 rings (SSSR count). The second-order valence-electron chi connectivity index (χ2n) is 9.89. The zero-order chi connectivity index (χ0) is 30.2. The Hall–Kier alpha value is -4.88. The maximum Gasteiger partial charge on any atom is 0.356 e. The van der Waals surface area contributed by atoms with Gasteiger partial charge in [-0.1, -0.05) is 17.7 Å². The number of amides is 1. The first-order valence-corrected chi connectivity index (χ1v) is 14.4. The Kier molecular flexibility index (Phi) is 7.63. The number of carbonyl (C=O) groups excluding carboxylic acids is 1. The molecule has 0 saturated carbocycles. The van der Waals surface area contributed by atoms with E-state index in [1.165, 1.54) is 35.9 Å². The van der Waals surface area contributed by atoms with E-state index in [4.69, 9.17) is 14.2 Å². The zero-order valence-electron chi connectivity index (χ0n) is 23.2. The lowest BCUT2D eigenvalue weighted by molar-refractivity contribution is 0.0689. The largest absolute Gasteiger partial charge is 0.476 e. The molecule has 0 radical (unpaired) electrons. The van der Waals surface area contributed by atoms with Crippen LogP contribution in [0.1, 0.15) is 45.8 Å². The Morgan fingerprint density at radius 2 is 1.71 bits per heavy atom. The number of aryl methyl sites for hydroxylation is 1. The minimum atomic E-state index is -4.16. The first-order chi connectivity index (χ1) is 19.9. The molecule has 0 unspecified atom stereocenters. The molecule has 42 heavy (non-hydrogen) atoms. The zero-order valence-corrected chi connectivity index (χ0v) is 24.0. The van der Waals surface area contributed by atoms with Gasteiger partial charge in [-0.25, -0.2) is 17.9 Å². The van der Waals surface area contributed by atoms with E-state index >= 15 is 0 Å². The van der Waals surface area contributed by atoms with Crippen LogP contribution in [0.25, 0.3) is 5.69 Å². The molecule has 4 aromatic rings. The Labute approximate surface area is 241 Å². The molecule has 1 aromatic heterocycles. The summed E-state index contributed by atoms with van der Waals surface area (Å²) >= 11 is 0. The summed E-state index contributed by atoms with van der Waals surface area (Å²) in [5, 5.41) is 16.6. The van der Waals surface area contributed by atoms with Crippen LogP contribution in [0.5, 0.6) is 23.1 Å². The number of carboxylic acid groups (broad SMARTS) is 1. The van der Waals surface area contributed by atoms with Crippen LogP contribution in [0.4, 0.5) is 5.69 Å². The summed E-state index contributed by atoms with van der Waals surface area (Å²) in [6.07, 6.45) is 0. The minimum absolute atomic E-state index is 0.0226.